The second-order valence-corrected chi connectivity index (χ2v) is 4.60. The summed E-state index contributed by atoms with van der Waals surface area (Å²) in [5.41, 5.74) is 0. The van der Waals surface area contributed by atoms with Gasteiger partial charge in [0, 0.05) is 12.0 Å². The second kappa shape index (κ2) is 14.5. The minimum absolute atomic E-state index is 0.348. The molecule has 0 bridgehead atoms. The van der Waals surface area contributed by atoms with Crippen molar-refractivity contribution in [3.05, 3.63) is 0 Å². The van der Waals surface area contributed by atoms with Gasteiger partial charge in [-0.1, -0.05) is 47.5 Å². The lowest BCUT2D eigenvalue weighted by atomic mass is 10.3. The molecule has 0 aliphatic rings. The van der Waals surface area contributed by atoms with Crippen LogP contribution in [0.5, 0.6) is 0 Å². The molecule has 0 unspecified atom stereocenters. The van der Waals surface area contributed by atoms with Crippen molar-refractivity contribution in [3.8, 4) is 0 Å². The Morgan fingerprint density at radius 3 is 1.54 bits per heavy atom. The molecule has 0 radical (unpaired) electrons. The van der Waals surface area contributed by atoms with Crippen LogP contribution in [0.3, 0.4) is 0 Å². The van der Waals surface area contributed by atoms with E-state index in [2.05, 4.69) is 6.92 Å². The molecule has 84 valence electrons. The fraction of sp³-hybridized carbons (Fsp3) is 1.00. The standard InChI is InChI=1S/C6H14O2S.2C2H6/c1-3-4-5-6-9(2,7)8;2*1-2/h3-6H2,1-2H3;2*1-2H3. The lowest BCUT2D eigenvalue weighted by Gasteiger charge is -1.94. The van der Waals surface area contributed by atoms with E-state index in [9.17, 15) is 8.42 Å². The lowest BCUT2D eigenvalue weighted by Crippen LogP contribution is -2.01. The van der Waals surface area contributed by atoms with Crippen molar-refractivity contribution >= 4 is 9.84 Å². The minimum Gasteiger partial charge on any atom is -0.229 e. The summed E-state index contributed by atoms with van der Waals surface area (Å²) in [7, 11) is -2.70. The highest BCUT2D eigenvalue weighted by molar-refractivity contribution is 7.90. The first-order valence-corrected chi connectivity index (χ1v) is 7.30. The second-order valence-electron chi connectivity index (χ2n) is 2.34. The van der Waals surface area contributed by atoms with Crippen LogP contribution in [0.25, 0.3) is 0 Å². The Balaban J connectivity index is -0.000000218. The number of hydrogen-bond donors (Lipinski definition) is 0. The van der Waals surface area contributed by atoms with Gasteiger partial charge in [0.05, 0.1) is 0 Å². The molecule has 0 rings (SSSR count). The van der Waals surface area contributed by atoms with Crippen molar-refractivity contribution in [2.45, 2.75) is 53.9 Å². The molecule has 3 heteroatoms. The molecule has 0 aromatic carbocycles. The van der Waals surface area contributed by atoms with Gasteiger partial charge in [0.15, 0.2) is 0 Å². The average molecular weight is 210 g/mol. The van der Waals surface area contributed by atoms with E-state index in [-0.39, 0.29) is 0 Å². The van der Waals surface area contributed by atoms with Crippen LogP contribution >= 0.6 is 0 Å². The third-order valence-corrected chi connectivity index (χ3v) is 2.15. The Morgan fingerprint density at radius 1 is 0.923 bits per heavy atom. The molecule has 0 aliphatic heterocycles. The Labute approximate surface area is 84.7 Å². The molecule has 2 nitrogen and oxygen atoms in total. The molecule has 0 aliphatic carbocycles. The highest BCUT2D eigenvalue weighted by Gasteiger charge is 1.98. The number of rotatable bonds is 4. The van der Waals surface area contributed by atoms with Gasteiger partial charge in [-0.15, -0.1) is 0 Å². The molecule has 0 saturated heterocycles. The predicted octanol–water partition coefficient (Wildman–Crippen LogP) is 3.27. The van der Waals surface area contributed by atoms with Crippen molar-refractivity contribution < 1.29 is 8.42 Å². The van der Waals surface area contributed by atoms with Gasteiger partial charge < -0.3 is 0 Å². The van der Waals surface area contributed by atoms with E-state index in [0.717, 1.165) is 19.3 Å². The van der Waals surface area contributed by atoms with E-state index in [1.54, 1.807) is 0 Å². The average Bonchev–Trinajstić information content (AvgIpc) is 2.10. The van der Waals surface area contributed by atoms with E-state index < -0.39 is 9.84 Å². The zero-order chi connectivity index (χ0) is 11.3. The number of hydrogen-bond acceptors (Lipinski definition) is 2. The summed E-state index contributed by atoms with van der Waals surface area (Å²) in [5.74, 6) is 0.348. The molecule has 0 aromatic heterocycles. The van der Waals surface area contributed by atoms with Gasteiger partial charge in [0.25, 0.3) is 0 Å². The number of sulfone groups is 1. The van der Waals surface area contributed by atoms with Gasteiger partial charge in [0.1, 0.15) is 9.84 Å². The summed E-state index contributed by atoms with van der Waals surface area (Å²) in [6.07, 6.45) is 4.20. The third kappa shape index (κ3) is 33.4. The molecule has 0 heterocycles. The van der Waals surface area contributed by atoms with Crippen molar-refractivity contribution in [1.29, 1.82) is 0 Å². The first-order valence-electron chi connectivity index (χ1n) is 5.24. The van der Waals surface area contributed by atoms with Crippen LogP contribution in [0.1, 0.15) is 53.9 Å². The van der Waals surface area contributed by atoms with Gasteiger partial charge in [0.2, 0.25) is 0 Å². The van der Waals surface area contributed by atoms with Gasteiger partial charge in [-0.3, -0.25) is 0 Å². The van der Waals surface area contributed by atoms with E-state index >= 15 is 0 Å². The fourth-order valence-electron chi connectivity index (χ4n) is 0.614. The van der Waals surface area contributed by atoms with Gasteiger partial charge >= 0.3 is 0 Å². The fourth-order valence-corrected chi connectivity index (χ4v) is 1.34. The van der Waals surface area contributed by atoms with Crippen molar-refractivity contribution in [2.75, 3.05) is 12.0 Å². The van der Waals surface area contributed by atoms with E-state index in [1.807, 2.05) is 27.7 Å². The van der Waals surface area contributed by atoms with Crippen molar-refractivity contribution in [3.63, 3.8) is 0 Å². The summed E-state index contributed by atoms with van der Waals surface area (Å²) in [4.78, 5) is 0. The van der Waals surface area contributed by atoms with Crippen molar-refractivity contribution in [2.24, 2.45) is 0 Å². The summed E-state index contributed by atoms with van der Waals surface area (Å²) in [6, 6.07) is 0. The van der Waals surface area contributed by atoms with Crippen LogP contribution in [0.2, 0.25) is 0 Å². The molecule has 0 amide bonds. The van der Waals surface area contributed by atoms with Crippen LogP contribution in [-0.4, -0.2) is 20.4 Å². The lowest BCUT2D eigenvalue weighted by molar-refractivity contribution is 0.597. The summed E-state index contributed by atoms with van der Waals surface area (Å²) in [6.45, 7) is 10.1. The molecular weight excluding hydrogens is 184 g/mol. The van der Waals surface area contributed by atoms with Crippen LogP contribution in [0, 0.1) is 0 Å². The molecule has 0 saturated carbocycles. The van der Waals surface area contributed by atoms with E-state index in [1.165, 1.54) is 6.26 Å². The number of unbranched alkanes of at least 4 members (excludes halogenated alkanes) is 2. The van der Waals surface area contributed by atoms with Gasteiger partial charge in [-0.2, -0.15) is 0 Å². The highest BCUT2D eigenvalue weighted by atomic mass is 32.2. The maximum atomic E-state index is 10.5. The minimum atomic E-state index is -2.70. The molecule has 0 spiro atoms. The Hall–Kier alpha value is -0.0500. The zero-order valence-electron chi connectivity index (χ0n) is 10.1. The Kier molecular flexibility index (Phi) is 20.8. The molecule has 0 aromatic rings. The van der Waals surface area contributed by atoms with Crippen molar-refractivity contribution in [1.82, 2.24) is 0 Å². The maximum Gasteiger partial charge on any atom is 0.147 e. The quantitative estimate of drug-likeness (QED) is 0.667. The predicted molar refractivity (Wildman–Crippen MR) is 61.9 cm³/mol. The van der Waals surface area contributed by atoms with Crippen LogP contribution in [0.4, 0.5) is 0 Å². The molecule has 0 atom stereocenters. The van der Waals surface area contributed by atoms with Crippen LogP contribution in [-0.2, 0) is 9.84 Å². The molecular formula is C10H26O2S. The monoisotopic (exact) mass is 210 g/mol. The first kappa shape index (κ1) is 18.7. The van der Waals surface area contributed by atoms with Crippen LogP contribution < -0.4 is 0 Å². The smallest absolute Gasteiger partial charge is 0.147 e. The Bertz CT molecular complexity index is 148. The summed E-state index contributed by atoms with van der Waals surface area (Å²) in [5, 5.41) is 0. The SMILES string of the molecule is CC.CC.CCCCCS(C)(=O)=O. The van der Waals surface area contributed by atoms with E-state index in [4.69, 9.17) is 0 Å². The molecule has 13 heavy (non-hydrogen) atoms. The zero-order valence-corrected chi connectivity index (χ0v) is 10.9. The van der Waals surface area contributed by atoms with Gasteiger partial charge in [-0.05, 0) is 6.42 Å². The topological polar surface area (TPSA) is 34.1 Å². The summed E-state index contributed by atoms with van der Waals surface area (Å²) >= 11 is 0. The highest BCUT2D eigenvalue weighted by Crippen LogP contribution is 1.96. The van der Waals surface area contributed by atoms with Crippen LogP contribution in [0.15, 0.2) is 0 Å². The van der Waals surface area contributed by atoms with E-state index in [0.29, 0.717) is 5.75 Å². The maximum absolute atomic E-state index is 10.5. The largest absolute Gasteiger partial charge is 0.229 e. The third-order valence-electron chi connectivity index (χ3n) is 1.12. The first-order chi connectivity index (χ1) is 6.06. The molecule has 0 N–H and O–H groups in total. The van der Waals surface area contributed by atoms with Gasteiger partial charge in [-0.25, -0.2) is 8.42 Å². The molecule has 0 fully saturated rings. The summed E-state index contributed by atoms with van der Waals surface area (Å²) < 4.78 is 21.0. The Morgan fingerprint density at radius 2 is 1.31 bits per heavy atom. The normalized spacial score (nSPS) is 9.08.